The van der Waals surface area contributed by atoms with Gasteiger partial charge in [-0.2, -0.15) is 0 Å². The Morgan fingerprint density at radius 1 is 1.00 bits per heavy atom. The van der Waals surface area contributed by atoms with Gasteiger partial charge in [0.2, 0.25) is 5.13 Å². The standard InChI is InChI=1S/C19H20N4O2S/c1-12-8-6-10-16(14(12)3)25-11-17-22-23-19(26-17)21-18(24)20-15-9-5-4-7-13(15)2/h4-10H,11H2,1-3H3,(H2,20,21,23,24). The van der Waals surface area contributed by atoms with Crippen molar-refractivity contribution >= 4 is 28.2 Å². The lowest BCUT2D eigenvalue weighted by Gasteiger charge is -2.09. The van der Waals surface area contributed by atoms with Gasteiger partial charge in [-0.3, -0.25) is 5.32 Å². The highest BCUT2D eigenvalue weighted by Crippen LogP contribution is 2.23. The maximum Gasteiger partial charge on any atom is 0.325 e. The van der Waals surface area contributed by atoms with Crippen LogP contribution in [-0.2, 0) is 6.61 Å². The predicted octanol–water partition coefficient (Wildman–Crippen LogP) is 4.69. The third-order valence-electron chi connectivity index (χ3n) is 3.99. The third-order valence-corrected chi connectivity index (χ3v) is 4.80. The predicted molar refractivity (Wildman–Crippen MR) is 104 cm³/mol. The summed E-state index contributed by atoms with van der Waals surface area (Å²) >= 11 is 1.29. The molecule has 1 aromatic heterocycles. The molecule has 26 heavy (non-hydrogen) atoms. The first-order valence-electron chi connectivity index (χ1n) is 8.18. The zero-order chi connectivity index (χ0) is 18.5. The Kier molecular flexibility index (Phi) is 5.48. The molecule has 0 atom stereocenters. The van der Waals surface area contributed by atoms with Crippen molar-refractivity contribution < 1.29 is 9.53 Å². The van der Waals surface area contributed by atoms with Gasteiger partial charge in [-0.05, 0) is 49.6 Å². The van der Waals surface area contributed by atoms with E-state index in [-0.39, 0.29) is 6.03 Å². The second kappa shape index (κ2) is 7.97. The minimum absolute atomic E-state index is 0.309. The van der Waals surface area contributed by atoms with E-state index in [0.29, 0.717) is 16.7 Å². The molecule has 0 spiro atoms. The van der Waals surface area contributed by atoms with Crippen molar-refractivity contribution in [2.75, 3.05) is 10.6 Å². The topological polar surface area (TPSA) is 76.1 Å². The Bertz CT molecular complexity index is 923. The monoisotopic (exact) mass is 368 g/mol. The molecular weight excluding hydrogens is 348 g/mol. The van der Waals surface area contributed by atoms with Crippen molar-refractivity contribution in [2.45, 2.75) is 27.4 Å². The molecule has 3 rings (SSSR count). The van der Waals surface area contributed by atoms with Crippen LogP contribution in [0.5, 0.6) is 5.75 Å². The van der Waals surface area contributed by atoms with E-state index in [0.717, 1.165) is 22.6 Å². The van der Waals surface area contributed by atoms with Gasteiger partial charge in [0.15, 0.2) is 5.01 Å². The molecule has 0 fully saturated rings. The number of hydrogen-bond donors (Lipinski definition) is 2. The molecule has 0 saturated carbocycles. The summed E-state index contributed by atoms with van der Waals surface area (Å²) in [4.78, 5) is 12.1. The Hall–Kier alpha value is -2.93. The van der Waals surface area contributed by atoms with E-state index in [4.69, 9.17) is 4.74 Å². The van der Waals surface area contributed by atoms with Gasteiger partial charge in [-0.1, -0.05) is 41.7 Å². The molecule has 0 radical (unpaired) electrons. The van der Waals surface area contributed by atoms with Crippen LogP contribution >= 0.6 is 11.3 Å². The Morgan fingerprint density at radius 3 is 2.58 bits per heavy atom. The molecule has 0 bridgehead atoms. The van der Waals surface area contributed by atoms with Crippen molar-refractivity contribution in [3.8, 4) is 5.75 Å². The molecular formula is C19H20N4O2S. The van der Waals surface area contributed by atoms with E-state index in [1.165, 1.54) is 16.9 Å². The number of nitrogens with one attached hydrogen (secondary N) is 2. The molecule has 1 heterocycles. The van der Waals surface area contributed by atoms with Crippen molar-refractivity contribution in [1.82, 2.24) is 10.2 Å². The van der Waals surface area contributed by atoms with E-state index in [1.54, 1.807) is 0 Å². The van der Waals surface area contributed by atoms with Gasteiger partial charge in [-0.25, -0.2) is 4.79 Å². The summed E-state index contributed by atoms with van der Waals surface area (Å²) in [5, 5.41) is 14.7. The van der Waals surface area contributed by atoms with Gasteiger partial charge in [0.25, 0.3) is 0 Å². The Labute approximate surface area is 156 Å². The van der Waals surface area contributed by atoms with Crippen molar-refractivity contribution in [3.05, 3.63) is 64.2 Å². The normalized spacial score (nSPS) is 10.4. The summed E-state index contributed by atoms with van der Waals surface area (Å²) in [6, 6.07) is 13.2. The molecule has 0 aliphatic heterocycles. The fraction of sp³-hybridized carbons (Fsp3) is 0.211. The molecule has 0 saturated heterocycles. The minimum atomic E-state index is -0.350. The molecule has 7 heteroatoms. The zero-order valence-electron chi connectivity index (χ0n) is 14.9. The highest BCUT2D eigenvalue weighted by Gasteiger charge is 2.10. The van der Waals surface area contributed by atoms with Gasteiger partial charge in [0.1, 0.15) is 12.4 Å². The molecule has 6 nitrogen and oxygen atoms in total. The first-order valence-corrected chi connectivity index (χ1v) is 8.99. The largest absolute Gasteiger partial charge is 0.486 e. The number of amides is 2. The summed E-state index contributed by atoms with van der Waals surface area (Å²) < 4.78 is 5.81. The van der Waals surface area contributed by atoms with Crippen LogP contribution in [0, 0.1) is 20.8 Å². The van der Waals surface area contributed by atoms with Crippen LogP contribution in [0.4, 0.5) is 15.6 Å². The van der Waals surface area contributed by atoms with Gasteiger partial charge in [0.05, 0.1) is 0 Å². The number of benzene rings is 2. The first-order chi connectivity index (χ1) is 12.5. The number of nitrogens with zero attached hydrogens (tertiary/aromatic N) is 2. The maximum absolute atomic E-state index is 12.1. The van der Waals surface area contributed by atoms with Crippen LogP contribution in [-0.4, -0.2) is 16.2 Å². The first kappa shape index (κ1) is 17.9. The number of rotatable bonds is 5. The molecule has 2 amide bonds. The fourth-order valence-electron chi connectivity index (χ4n) is 2.35. The van der Waals surface area contributed by atoms with Crippen LogP contribution in [0.3, 0.4) is 0 Å². The van der Waals surface area contributed by atoms with Crippen molar-refractivity contribution in [2.24, 2.45) is 0 Å². The number of aryl methyl sites for hydroxylation is 2. The quantitative estimate of drug-likeness (QED) is 0.685. The number of ether oxygens (including phenoxy) is 1. The molecule has 134 valence electrons. The lowest BCUT2D eigenvalue weighted by atomic mass is 10.1. The highest BCUT2D eigenvalue weighted by molar-refractivity contribution is 7.15. The van der Waals surface area contributed by atoms with Crippen LogP contribution in [0.15, 0.2) is 42.5 Å². The summed E-state index contributed by atoms with van der Waals surface area (Å²) in [6.45, 7) is 6.31. The van der Waals surface area contributed by atoms with Crippen LogP contribution in [0.2, 0.25) is 0 Å². The van der Waals surface area contributed by atoms with Gasteiger partial charge >= 0.3 is 6.03 Å². The number of aromatic nitrogens is 2. The second-order valence-electron chi connectivity index (χ2n) is 5.88. The number of para-hydroxylation sites is 1. The third kappa shape index (κ3) is 4.37. The summed E-state index contributed by atoms with van der Waals surface area (Å²) in [5.41, 5.74) is 4.03. The van der Waals surface area contributed by atoms with Crippen LogP contribution < -0.4 is 15.4 Å². The molecule has 0 unspecified atom stereocenters. The van der Waals surface area contributed by atoms with E-state index in [2.05, 4.69) is 20.8 Å². The number of urea groups is 1. The lowest BCUT2D eigenvalue weighted by Crippen LogP contribution is -2.19. The highest BCUT2D eigenvalue weighted by atomic mass is 32.1. The molecule has 3 aromatic rings. The molecule has 0 aliphatic carbocycles. The SMILES string of the molecule is Cc1ccccc1NC(=O)Nc1nnc(COc2cccc(C)c2C)s1. The molecule has 0 aliphatic rings. The van der Waals surface area contributed by atoms with Gasteiger partial charge in [-0.15, -0.1) is 10.2 Å². The van der Waals surface area contributed by atoms with E-state index < -0.39 is 0 Å². The molecule has 2 N–H and O–H groups in total. The summed E-state index contributed by atoms with van der Waals surface area (Å²) in [6.07, 6.45) is 0. The average Bonchev–Trinajstić information content (AvgIpc) is 3.05. The Balaban J connectivity index is 1.57. The fourth-order valence-corrected chi connectivity index (χ4v) is 2.99. The smallest absolute Gasteiger partial charge is 0.325 e. The summed E-state index contributed by atoms with van der Waals surface area (Å²) in [5.74, 6) is 0.826. The van der Waals surface area contributed by atoms with E-state index in [9.17, 15) is 4.79 Å². The van der Waals surface area contributed by atoms with Crippen molar-refractivity contribution in [3.63, 3.8) is 0 Å². The van der Waals surface area contributed by atoms with Crippen LogP contribution in [0.1, 0.15) is 21.7 Å². The minimum Gasteiger partial charge on any atom is -0.486 e. The van der Waals surface area contributed by atoms with Gasteiger partial charge < -0.3 is 10.1 Å². The van der Waals surface area contributed by atoms with E-state index in [1.807, 2.05) is 63.2 Å². The lowest BCUT2D eigenvalue weighted by molar-refractivity contribution is 0.262. The number of carbonyl (C=O) groups excluding carboxylic acids is 1. The van der Waals surface area contributed by atoms with Crippen LogP contribution in [0.25, 0.3) is 0 Å². The van der Waals surface area contributed by atoms with Crippen molar-refractivity contribution in [1.29, 1.82) is 0 Å². The number of anilines is 2. The zero-order valence-corrected chi connectivity index (χ0v) is 15.7. The van der Waals surface area contributed by atoms with Gasteiger partial charge in [0, 0.05) is 5.69 Å². The average molecular weight is 368 g/mol. The Morgan fingerprint density at radius 2 is 1.77 bits per heavy atom. The number of hydrogen-bond acceptors (Lipinski definition) is 5. The second-order valence-corrected chi connectivity index (χ2v) is 6.94. The number of carbonyl (C=O) groups is 1. The maximum atomic E-state index is 12.1. The molecule has 2 aromatic carbocycles. The van der Waals surface area contributed by atoms with E-state index >= 15 is 0 Å². The summed E-state index contributed by atoms with van der Waals surface area (Å²) in [7, 11) is 0.